The zero-order valence-corrected chi connectivity index (χ0v) is 9.76. The van der Waals surface area contributed by atoms with E-state index in [1.54, 1.807) is 0 Å². The number of hydrogen-bond donors (Lipinski definition) is 1. The summed E-state index contributed by atoms with van der Waals surface area (Å²) in [6.45, 7) is 3.37. The van der Waals surface area contributed by atoms with Crippen LogP contribution in [0.3, 0.4) is 0 Å². The molecular weight excluding hydrogens is 198 g/mol. The quantitative estimate of drug-likeness (QED) is 0.841. The van der Waals surface area contributed by atoms with Crippen LogP contribution < -0.4 is 0 Å². The predicted molar refractivity (Wildman–Crippen MR) is 66.0 cm³/mol. The number of benzene rings is 1. The summed E-state index contributed by atoms with van der Waals surface area (Å²) >= 11 is 0. The van der Waals surface area contributed by atoms with Gasteiger partial charge < -0.3 is 10.0 Å². The highest BCUT2D eigenvalue weighted by Gasteiger charge is 2.18. The maximum Gasteiger partial charge on any atom is 0.0768 e. The minimum Gasteiger partial charge on any atom is -0.394 e. The Morgan fingerprint density at radius 2 is 2.06 bits per heavy atom. The molecule has 2 nitrogen and oxygen atoms in total. The normalized spacial score (nSPS) is 18.1. The first-order chi connectivity index (χ1) is 7.81. The van der Waals surface area contributed by atoms with Gasteiger partial charge in [-0.25, -0.2) is 0 Å². The molecule has 1 heterocycles. The summed E-state index contributed by atoms with van der Waals surface area (Å²) in [5.74, 6) is 0. The molecule has 0 unspecified atom stereocenters. The molecule has 0 spiro atoms. The van der Waals surface area contributed by atoms with Gasteiger partial charge in [-0.05, 0) is 31.5 Å². The van der Waals surface area contributed by atoms with E-state index >= 15 is 0 Å². The summed E-state index contributed by atoms with van der Waals surface area (Å²) in [7, 11) is 0. The van der Waals surface area contributed by atoms with Gasteiger partial charge in [-0.3, -0.25) is 0 Å². The van der Waals surface area contributed by atoms with Crippen LogP contribution in [-0.2, 0) is 0 Å². The van der Waals surface area contributed by atoms with Crippen LogP contribution in [0.25, 0.3) is 0 Å². The lowest BCUT2D eigenvalue weighted by atomic mass is 10.0. The van der Waals surface area contributed by atoms with Gasteiger partial charge >= 0.3 is 0 Å². The molecule has 0 aromatic heterocycles. The third-order valence-electron chi connectivity index (χ3n) is 3.13. The summed E-state index contributed by atoms with van der Waals surface area (Å²) in [5.41, 5.74) is 2.59. The largest absolute Gasteiger partial charge is 0.394 e. The van der Waals surface area contributed by atoms with Crippen molar-refractivity contribution in [3.05, 3.63) is 47.7 Å². The summed E-state index contributed by atoms with van der Waals surface area (Å²) < 4.78 is 0. The average molecular weight is 217 g/mol. The lowest BCUT2D eigenvalue weighted by molar-refractivity contribution is 0.158. The molecule has 2 heteroatoms. The predicted octanol–water partition coefficient (Wildman–Crippen LogP) is 2.72. The Balaban J connectivity index is 2.20. The molecule has 86 valence electrons. The fourth-order valence-corrected chi connectivity index (χ4v) is 2.28. The van der Waals surface area contributed by atoms with Crippen LogP contribution in [0.2, 0.25) is 0 Å². The van der Waals surface area contributed by atoms with Crippen LogP contribution in [0, 0.1) is 0 Å². The molecule has 1 aromatic rings. The summed E-state index contributed by atoms with van der Waals surface area (Å²) in [5, 5.41) is 9.55. The summed E-state index contributed by atoms with van der Waals surface area (Å²) in [4.78, 5) is 2.26. The second-order valence-corrected chi connectivity index (χ2v) is 4.43. The minimum absolute atomic E-state index is 0.108. The van der Waals surface area contributed by atoms with Gasteiger partial charge in [0, 0.05) is 6.54 Å². The monoisotopic (exact) mass is 217 g/mol. The molecule has 16 heavy (non-hydrogen) atoms. The Hall–Kier alpha value is -1.28. The number of rotatable bonds is 3. The molecule has 0 saturated carbocycles. The fourth-order valence-electron chi connectivity index (χ4n) is 2.28. The van der Waals surface area contributed by atoms with Crippen LogP contribution >= 0.6 is 0 Å². The van der Waals surface area contributed by atoms with E-state index in [1.165, 1.54) is 24.0 Å². The third kappa shape index (κ3) is 2.45. The molecule has 0 saturated heterocycles. The standard InChI is InChI=1S/C14H19NO/c1-12-6-5-9-15(10-12)14(11-16)13-7-3-2-4-8-13/h2-4,7-8,10,14,16H,5-6,9,11H2,1H3/t14-/m0/s1. The zero-order valence-electron chi connectivity index (χ0n) is 9.76. The lowest BCUT2D eigenvalue weighted by Gasteiger charge is -2.33. The topological polar surface area (TPSA) is 23.5 Å². The smallest absolute Gasteiger partial charge is 0.0768 e. The molecule has 1 aliphatic heterocycles. The average Bonchev–Trinajstić information content (AvgIpc) is 2.31. The molecule has 1 N–H and O–H groups in total. The van der Waals surface area contributed by atoms with E-state index in [0.717, 1.165) is 6.54 Å². The zero-order chi connectivity index (χ0) is 11.4. The van der Waals surface area contributed by atoms with Gasteiger partial charge in [-0.2, -0.15) is 0 Å². The fraction of sp³-hybridized carbons (Fsp3) is 0.429. The number of aliphatic hydroxyl groups excluding tert-OH is 1. The molecule has 1 aromatic carbocycles. The van der Waals surface area contributed by atoms with Crippen molar-refractivity contribution in [3.63, 3.8) is 0 Å². The first kappa shape index (κ1) is 11.2. The molecule has 2 rings (SSSR count). The van der Waals surface area contributed by atoms with Gasteiger partial charge in [0.25, 0.3) is 0 Å². The van der Waals surface area contributed by atoms with Crippen molar-refractivity contribution >= 4 is 0 Å². The van der Waals surface area contributed by atoms with Crippen molar-refractivity contribution in [3.8, 4) is 0 Å². The van der Waals surface area contributed by atoms with Crippen LogP contribution in [0.15, 0.2) is 42.1 Å². The molecular formula is C14H19NO. The van der Waals surface area contributed by atoms with Gasteiger partial charge in [-0.1, -0.05) is 35.9 Å². The Kier molecular flexibility index (Phi) is 3.62. The Morgan fingerprint density at radius 1 is 1.31 bits per heavy atom. The molecule has 1 aliphatic rings. The summed E-state index contributed by atoms with van der Waals surface area (Å²) in [6, 6.07) is 10.3. The van der Waals surface area contributed by atoms with E-state index in [9.17, 15) is 5.11 Å². The van der Waals surface area contributed by atoms with E-state index in [1.807, 2.05) is 18.2 Å². The van der Waals surface area contributed by atoms with Crippen molar-refractivity contribution < 1.29 is 5.11 Å². The van der Waals surface area contributed by atoms with Crippen LogP contribution in [0.5, 0.6) is 0 Å². The molecule has 0 fully saturated rings. The van der Waals surface area contributed by atoms with Crippen LogP contribution in [-0.4, -0.2) is 23.2 Å². The highest BCUT2D eigenvalue weighted by molar-refractivity contribution is 5.20. The lowest BCUT2D eigenvalue weighted by Crippen LogP contribution is -2.29. The Morgan fingerprint density at radius 3 is 2.69 bits per heavy atom. The van der Waals surface area contributed by atoms with E-state index in [2.05, 4.69) is 30.2 Å². The second-order valence-electron chi connectivity index (χ2n) is 4.43. The van der Waals surface area contributed by atoms with Crippen molar-refractivity contribution in [1.29, 1.82) is 0 Å². The highest BCUT2D eigenvalue weighted by atomic mass is 16.3. The van der Waals surface area contributed by atoms with Gasteiger partial charge in [0.15, 0.2) is 0 Å². The van der Waals surface area contributed by atoms with Crippen LogP contribution in [0.1, 0.15) is 31.4 Å². The van der Waals surface area contributed by atoms with E-state index in [4.69, 9.17) is 0 Å². The number of hydrogen-bond acceptors (Lipinski definition) is 2. The number of aliphatic hydroxyl groups is 1. The van der Waals surface area contributed by atoms with Crippen molar-refractivity contribution in [2.75, 3.05) is 13.2 Å². The van der Waals surface area contributed by atoms with Gasteiger partial charge in [0.2, 0.25) is 0 Å². The molecule has 0 bridgehead atoms. The highest BCUT2D eigenvalue weighted by Crippen LogP contribution is 2.25. The first-order valence-corrected chi connectivity index (χ1v) is 5.90. The van der Waals surface area contributed by atoms with E-state index < -0.39 is 0 Å². The maximum atomic E-state index is 9.55. The van der Waals surface area contributed by atoms with Crippen LogP contribution in [0.4, 0.5) is 0 Å². The minimum atomic E-state index is 0.108. The van der Waals surface area contributed by atoms with E-state index in [0.29, 0.717) is 0 Å². The first-order valence-electron chi connectivity index (χ1n) is 5.90. The van der Waals surface area contributed by atoms with Crippen molar-refractivity contribution in [2.24, 2.45) is 0 Å². The van der Waals surface area contributed by atoms with Crippen molar-refractivity contribution in [2.45, 2.75) is 25.8 Å². The number of allylic oxidation sites excluding steroid dienone is 1. The Labute approximate surface area is 97.2 Å². The Bertz CT molecular complexity index is 358. The van der Waals surface area contributed by atoms with Gasteiger partial charge in [0.05, 0.1) is 12.6 Å². The molecule has 1 atom stereocenters. The molecule has 0 radical (unpaired) electrons. The SMILES string of the molecule is CC1=CN([C@@H](CO)c2ccccc2)CCC1. The summed E-state index contributed by atoms with van der Waals surface area (Å²) in [6.07, 6.45) is 4.56. The van der Waals surface area contributed by atoms with Crippen molar-refractivity contribution in [1.82, 2.24) is 4.90 Å². The van der Waals surface area contributed by atoms with Gasteiger partial charge in [-0.15, -0.1) is 0 Å². The third-order valence-corrected chi connectivity index (χ3v) is 3.13. The number of nitrogens with zero attached hydrogens (tertiary/aromatic N) is 1. The second kappa shape index (κ2) is 5.17. The molecule has 0 amide bonds. The molecule has 0 aliphatic carbocycles. The van der Waals surface area contributed by atoms with Gasteiger partial charge in [0.1, 0.15) is 0 Å². The maximum absolute atomic E-state index is 9.55. The van der Waals surface area contributed by atoms with E-state index in [-0.39, 0.29) is 12.6 Å².